The molecule has 172 valence electrons. The van der Waals surface area contributed by atoms with Crippen molar-refractivity contribution in [3.05, 3.63) is 59.5 Å². The number of aromatic nitrogens is 3. The molecule has 33 heavy (non-hydrogen) atoms. The van der Waals surface area contributed by atoms with Gasteiger partial charge in [0.05, 0.1) is 23.5 Å². The van der Waals surface area contributed by atoms with E-state index >= 15 is 0 Å². The average molecular weight is 450 g/mol. The first-order chi connectivity index (χ1) is 16.0. The first kappa shape index (κ1) is 21.2. The van der Waals surface area contributed by atoms with E-state index in [0.29, 0.717) is 44.6 Å². The molecular weight excluding hydrogens is 422 g/mol. The van der Waals surface area contributed by atoms with Crippen molar-refractivity contribution in [2.45, 2.75) is 38.8 Å². The van der Waals surface area contributed by atoms with E-state index in [1.165, 1.54) is 0 Å². The maximum Gasteiger partial charge on any atom is 0.410 e. The van der Waals surface area contributed by atoms with Crippen LogP contribution in [0, 0.1) is 13.8 Å². The van der Waals surface area contributed by atoms with Crippen LogP contribution in [0.2, 0.25) is 0 Å². The highest BCUT2D eigenvalue weighted by Gasteiger charge is 2.38. The van der Waals surface area contributed by atoms with Crippen LogP contribution in [0.1, 0.15) is 34.6 Å². The summed E-state index contributed by atoms with van der Waals surface area (Å²) in [6, 6.07) is 11.4. The number of benzene rings is 1. The van der Waals surface area contributed by atoms with E-state index in [-0.39, 0.29) is 24.1 Å². The van der Waals surface area contributed by atoms with Crippen molar-refractivity contribution in [1.29, 1.82) is 0 Å². The molecule has 1 atom stereocenters. The standard InChI is InChI=1S/C24H27N5O4/c1-16-12-22-25-13-21(17(2)29(22)26-16)23(30)27-10-8-18(9-11-27)28-14-20(33-24(28)31)15-32-19-6-4-3-5-7-19/h3-7,12-13,18,20H,8-11,14-15H2,1-2H3. The first-order valence-electron chi connectivity index (χ1n) is 11.3. The number of amides is 2. The van der Waals surface area contributed by atoms with Crippen LogP contribution in [0.4, 0.5) is 4.79 Å². The number of carbonyl (C=O) groups excluding carboxylic acids is 2. The average Bonchev–Trinajstić information content (AvgIpc) is 3.40. The Kier molecular flexibility index (Phi) is 5.62. The Labute approximate surface area is 191 Å². The number of ether oxygens (including phenoxy) is 2. The van der Waals surface area contributed by atoms with Gasteiger partial charge in [0.15, 0.2) is 11.8 Å². The summed E-state index contributed by atoms with van der Waals surface area (Å²) in [6.07, 6.45) is 2.46. The van der Waals surface area contributed by atoms with Gasteiger partial charge in [-0.2, -0.15) is 5.10 Å². The SMILES string of the molecule is Cc1cc2ncc(C(=O)N3CCC(N4CC(COc5ccccc5)OC4=O)CC3)c(C)n2n1. The Bertz CT molecular complexity index is 1170. The van der Waals surface area contributed by atoms with Gasteiger partial charge in [0.25, 0.3) is 5.91 Å². The summed E-state index contributed by atoms with van der Waals surface area (Å²) in [5, 5.41) is 4.43. The molecule has 1 aromatic carbocycles. The quantitative estimate of drug-likeness (QED) is 0.595. The van der Waals surface area contributed by atoms with E-state index in [1.54, 1.807) is 15.6 Å². The molecule has 2 amide bonds. The van der Waals surface area contributed by atoms with Crippen molar-refractivity contribution >= 4 is 17.6 Å². The Morgan fingerprint density at radius 3 is 2.70 bits per heavy atom. The molecule has 0 N–H and O–H groups in total. The van der Waals surface area contributed by atoms with Gasteiger partial charge in [-0.05, 0) is 38.8 Å². The number of piperidine rings is 1. The van der Waals surface area contributed by atoms with Crippen LogP contribution in [-0.4, -0.2) is 74.8 Å². The van der Waals surface area contributed by atoms with Crippen molar-refractivity contribution < 1.29 is 19.1 Å². The largest absolute Gasteiger partial charge is 0.490 e. The van der Waals surface area contributed by atoms with Gasteiger partial charge in [0, 0.05) is 31.4 Å². The molecule has 2 saturated heterocycles. The minimum absolute atomic E-state index is 0.0494. The van der Waals surface area contributed by atoms with Gasteiger partial charge in [-0.3, -0.25) is 4.79 Å². The molecule has 0 bridgehead atoms. The van der Waals surface area contributed by atoms with Crippen LogP contribution in [0.3, 0.4) is 0 Å². The van der Waals surface area contributed by atoms with E-state index < -0.39 is 0 Å². The maximum atomic E-state index is 13.2. The van der Waals surface area contributed by atoms with Crippen LogP contribution >= 0.6 is 0 Å². The van der Waals surface area contributed by atoms with Gasteiger partial charge in [0.1, 0.15) is 12.4 Å². The third kappa shape index (κ3) is 4.22. The van der Waals surface area contributed by atoms with Crippen LogP contribution in [0.25, 0.3) is 5.65 Å². The Balaban J connectivity index is 1.17. The fourth-order valence-corrected chi connectivity index (χ4v) is 4.56. The smallest absolute Gasteiger partial charge is 0.410 e. The minimum Gasteiger partial charge on any atom is -0.490 e. The van der Waals surface area contributed by atoms with Crippen molar-refractivity contribution in [3.63, 3.8) is 0 Å². The second kappa shape index (κ2) is 8.73. The third-order valence-electron chi connectivity index (χ3n) is 6.35. The highest BCUT2D eigenvalue weighted by Crippen LogP contribution is 2.24. The second-order valence-corrected chi connectivity index (χ2v) is 8.62. The Morgan fingerprint density at radius 1 is 1.18 bits per heavy atom. The highest BCUT2D eigenvalue weighted by molar-refractivity contribution is 5.95. The Morgan fingerprint density at radius 2 is 1.94 bits per heavy atom. The second-order valence-electron chi connectivity index (χ2n) is 8.62. The molecule has 5 rings (SSSR count). The lowest BCUT2D eigenvalue weighted by molar-refractivity contribution is 0.0656. The molecule has 2 aliphatic heterocycles. The monoisotopic (exact) mass is 449 g/mol. The molecule has 9 nitrogen and oxygen atoms in total. The normalized spacial score (nSPS) is 19.2. The number of nitrogens with zero attached hydrogens (tertiary/aromatic N) is 5. The van der Waals surface area contributed by atoms with Crippen molar-refractivity contribution in [2.75, 3.05) is 26.2 Å². The lowest BCUT2D eigenvalue weighted by Gasteiger charge is -2.35. The Hall–Kier alpha value is -3.62. The lowest BCUT2D eigenvalue weighted by Crippen LogP contribution is -2.47. The van der Waals surface area contributed by atoms with Crippen molar-refractivity contribution in [1.82, 2.24) is 24.4 Å². The maximum absolute atomic E-state index is 13.2. The van der Waals surface area contributed by atoms with Gasteiger partial charge in [-0.25, -0.2) is 14.3 Å². The number of likely N-dealkylation sites (tertiary alicyclic amines) is 1. The molecule has 2 aliphatic rings. The summed E-state index contributed by atoms with van der Waals surface area (Å²) in [5.74, 6) is 0.707. The summed E-state index contributed by atoms with van der Waals surface area (Å²) in [7, 11) is 0. The molecule has 0 saturated carbocycles. The van der Waals surface area contributed by atoms with Crippen LogP contribution in [-0.2, 0) is 4.74 Å². The molecule has 0 radical (unpaired) electrons. The number of hydrogen-bond donors (Lipinski definition) is 0. The van der Waals surface area contributed by atoms with Crippen LogP contribution in [0.5, 0.6) is 5.75 Å². The number of rotatable bonds is 5. The molecular formula is C24H27N5O4. The summed E-state index contributed by atoms with van der Waals surface area (Å²) in [6.45, 7) is 5.77. The molecule has 2 fully saturated rings. The van der Waals surface area contributed by atoms with Gasteiger partial charge in [-0.1, -0.05) is 18.2 Å². The lowest BCUT2D eigenvalue weighted by atomic mass is 10.0. The first-order valence-corrected chi connectivity index (χ1v) is 11.3. The van der Waals surface area contributed by atoms with Gasteiger partial charge < -0.3 is 19.3 Å². The van der Waals surface area contributed by atoms with Crippen molar-refractivity contribution in [2.24, 2.45) is 0 Å². The van der Waals surface area contributed by atoms with E-state index in [2.05, 4.69) is 10.1 Å². The van der Waals surface area contributed by atoms with Gasteiger partial charge in [-0.15, -0.1) is 0 Å². The number of fused-ring (bicyclic) bond motifs is 1. The third-order valence-corrected chi connectivity index (χ3v) is 6.35. The zero-order valence-corrected chi connectivity index (χ0v) is 18.8. The molecule has 3 aromatic rings. The molecule has 4 heterocycles. The van der Waals surface area contributed by atoms with Gasteiger partial charge >= 0.3 is 6.09 Å². The number of cyclic esters (lactones) is 1. The fraction of sp³-hybridized carbons (Fsp3) is 0.417. The molecule has 0 spiro atoms. The zero-order valence-electron chi connectivity index (χ0n) is 18.8. The van der Waals surface area contributed by atoms with E-state index in [9.17, 15) is 9.59 Å². The molecule has 9 heteroatoms. The number of hydrogen-bond acceptors (Lipinski definition) is 6. The topological polar surface area (TPSA) is 89.3 Å². The summed E-state index contributed by atoms with van der Waals surface area (Å²) < 4.78 is 13.0. The van der Waals surface area contributed by atoms with Crippen molar-refractivity contribution in [3.8, 4) is 5.75 Å². The summed E-state index contributed by atoms with van der Waals surface area (Å²) >= 11 is 0. The van der Waals surface area contributed by atoms with Crippen LogP contribution in [0.15, 0.2) is 42.6 Å². The molecule has 2 aromatic heterocycles. The number of aryl methyl sites for hydroxylation is 2. The summed E-state index contributed by atoms with van der Waals surface area (Å²) in [4.78, 5) is 33.6. The fourth-order valence-electron chi connectivity index (χ4n) is 4.56. The molecule has 0 aliphatic carbocycles. The van der Waals surface area contributed by atoms with Crippen LogP contribution < -0.4 is 4.74 Å². The highest BCUT2D eigenvalue weighted by atomic mass is 16.6. The summed E-state index contributed by atoms with van der Waals surface area (Å²) in [5.41, 5.74) is 2.94. The van der Waals surface area contributed by atoms with E-state index in [0.717, 1.165) is 22.8 Å². The predicted molar refractivity (Wildman–Crippen MR) is 120 cm³/mol. The minimum atomic E-state index is -0.305. The van der Waals surface area contributed by atoms with E-state index in [4.69, 9.17) is 9.47 Å². The van der Waals surface area contributed by atoms with E-state index in [1.807, 2.05) is 55.1 Å². The van der Waals surface area contributed by atoms with Gasteiger partial charge in [0.2, 0.25) is 0 Å². The number of carbonyl (C=O) groups is 2. The number of para-hydroxylation sites is 1. The predicted octanol–water partition coefficient (Wildman–Crippen LogP) is 2.85. The zero-order chi connectivity index (χ0) is 22.9. The molecule has 1 unspecified atom stereocenters.